The Labute approximate surface area is 165 Å². The van der Waals surface area contributed by atoms with Crippen molar-refractivity contribution in [3.05, 3.63) is 12.2 Å². The van der Waals surface area contributed by atoms with Crippen molar-refractivity contribution in [2.45, 2.75) is 85.2 Å². The van der Waals surface area contributed by atoms with Crippen LogP contribution in [0.2, 0.25) is 0 Å². The van der Waals surface area contributed by atoms with Crippen LogP contribution in [0, 0.1) is 34.0 Å². The van der Waals surface area contributed by atoms with Gasteiger partial charge in [0.05, 0.1) is 12.2 Å². The van der Waals surface area contributed by atoms with E-state index in [2.05, 4.69) is 39.8 Å². The highest BCUT2D eigenvalue weighted by atomic mass is 16.5. The topological polar surface area (TPSA) is 35.5 Å². The molecule has 0 aliphatic heterocycles. The molecule has 0 unspecified atom stereocenters. The van der Waals surface area contributed by atoms with E-state index < -0.39 is 0 Å². The molecule has 0 radical (unpaired) electrons. The molecule has 152 valence electrons. The third-order valence-electron chi connectivity index (χ3n) is 9.13. The Bertz CT molecular complexity index is 642. The Balaban J connectivity index is 1.65. The number of carbonyl (C=O) groups excluding carboxylic acids is 1. The lowest BCUT2D eigenvalue weighted by molar-refractivity contribution is -0.163. The lowest BCUT2D eigenvalue weighted by atomic mass is 9.42. The average molecular weight is 375 g/mol. The van der Waals surface area contributed by atoms with Gasteiger partial charge in [0.15, 0.2) is 0 Å². The van der Waals surface area contributed by atoms with Crippen LogP contribution in [0.3, 0.4) is 0 Å². The number of ether oxygens (including phenoxy) is 2. The molecule has 3 nitrogen and oxygen atoms in total. The van der Waals surface area contributed by atoms with Crippen molar-refractivity contribution >= 4 is 5.97 Å². The Morgan fingerprint density at radius 2 is 1.93 bits per heavy atom. The van der Waals surface area contributed by atoms with Crippen molar-refractivity contribution < 1.29 is 14.3 Å². The predicted octanol–water partition coefficient (Wildman–Crippen LogP) is 5.53. The minimum atomic E-state index is -0.139. The summed E-state index contributed by atoms with van der Waals surface area (Å²) in [5.74, 6) is 1.71. The average Bonchev–Trinajstić information content (AvgIpc) is 2.79. The summed E-state index contributed by atoms with van der Waals surface area (Å²) in [6.07, 6.45) is 13.9. The van der Waals surface area contributed by atoms with E-state index in [1.54, 1.807) is 6.92 Å². The second kappa shape index (κ2) is 6.34. The second-order valence-corrected chi connectivity index (χ2v) is 10.8. The fraction of sp³-hybridized carbons (Fsp3) is 0.875. The van der Waals surface area contributed by atoms with Crippen LogP contribution in [0.25, 0.3) is 0 Å². The van der Waals surface area contributed by atoms with E-state index in [-0.39, 0.29) is 17.0 Å². The van der Waals surface area contributed by atoms with E-state index in [4.69, 9.17) is 9.47 Å². The zero-order valence-corrected chi connectivity index (χ0v) is 18.0. The van der Waals surface area contributed by atoms with Gasteiger partial charge in [-0.3, -0.25) is 4.79 Å². The number of rotatable bonds is 4. The fourth-order valence-electron chi connectivity index (χ4n) is 8.21. The first-order chi connectivity index (χ1) is 12.7. The second-order valence-electron chi connectivity index (χ2n) is 10.8. The summed E-state index contributed by atoms with van der Waals surface area (Å²) >= 11 is 0. The van der Waals surface area contributed by atoms with Gasteiger partial charge in [0.2, 0.25) is 0 Å². The monoisotopic (exact) mass is 374 g/mol. The maximum atomic E-state index is 11.5. The molecule has 3 saturated carbocycles. The van der Waals surface area contributed by atoms with E-state index >= 15 is 0 Å². The highest BCUT2D eigenvalue weighted by molar-refractivity contribution is 5.65. The molecule has 7 atom stereocenters. The van der Waals surface area contributed by atoms with E-state index in [9.17, 15) is 4.79 Å². The Morgan fingerprint density at radius 3 is 2.63 bits per heavy atom. The van der Waals surface area contributed by atoms with Gasteiger partial charge in [-0.2, -0.15) is 0 Å². The molecular formula is C24H38O3. The van der Waals surface area contributed by atoms with Crippen LogP contribution >= 0.6 is 0 Å². The summed E-state index contributed by atoms with van der Waals surface area (Å²) < 4.78 is 11.9. The van der Waals surface area contributed by atoms with Crippen molar-refractivity contribution in [1.29, 1.82) is 0 Å². The van der Waals surface area contributed by atoms with Gasteiger partial charge in [-0.1, -0.05) is 32.4 Å². The smallest absolute Gasteiger partial charge is 0.302 e. The summed E-state index contributed by atoms with van der Waals surface area (Å²) in [5, 5.41) is 0. The Morgan fingerprint density at radius 1 is 1.15 bits per heavy atom. The fourth-order valence-corrected chi connectivity index (χ4v) is 8.21. The molecule has 4 aliphatic carbocycles. The standard InChI is InChI=1S/C24H38O3/c1-6-27-23(5)15-24-13-10-19-21(3,16-26-17(2)25)11-7-12-22(19,4)20(24)9-8-18(23)14-24/h8-9,18-20H,6-7,10-16H2,1-5H3/t18-,19-,20+,21-,22-,23-,24+/m1/s1. The van der Waals surface area contributed by atoms with Gasteiger partial charge in [-0.25, -0.2) is 0 Å². The van der Waals surface area contributed by atoms with Crippen LogP contribution in [0.4, 0.5) is 0 Å². The van der Waals surface area contributed by atoms with E-state index in [0.717, 1.165) is 6.61 Å². The van der Waals surface area contributed by atoms with Crippen LogP contribution in [-0.2, 0) is 14.3 Å². The van der Waals surface area contributed by atoms with Crippen LogP contribution in [0.15, 0.2) is 12.2 Å². The summed E-state index contributed by atoms with van der Waals surface area (Å²) in [4.78, 5) is 11.5. The molecule has 4 rings (SSSR count). The van der Waals surface area contributed by atoms with Gasteiger partial charge >= 0.3 is 5.97 Å². The summed E-state index contributed by atoms with van der Waals surface area (Å²) in [6, 6.07) is 0. The largest absolute Gasteiger partial charge is 0.465 e. The van der Waals surface area contributed by atoms with E-state index in [1.807, 2.05) is 0 Å². The molecule has 1 spiro atoms. The molecule has 0 aromatic carbocycles. The number of fused-ring (bicyclic) bond motifs is 3. The SMILES string of the molecule is CCO[C@]1(C)C[C@@]23CC[C@@H]4[C@@](C)(COC(C)=O)CCC[C@@]4(C)[C@@H]2C=C[C@@H]1C3. The van der Waals surface area contributed by atoms with Crippen LogP contribution < -0.4 is 0 Å². The van der Waals surface area contributed by atoms with Crippen molar-refractivity contribution in [1.82, 2.24) is 0 Å². The normalized spacial score (nSPS) is 50.8. The molecule has 0 saturated heterocycles. The Kier molecular flexibility index (Phi) is 4.57. The van der Waals surface area contributed by atoms with Crippen molar-refractivity contribution in [3.8, 4) is 0 Å². The number of esters is 1. The van der Waals surface area contributed by atoms with Crippen molar-refractivity contribution in [3.63, 3.8) is 0 Å². The number of hydrogen-bond donors (Lipinski definition) is 0. The van der Waals surface area contributed by atoms with Gasteiger partial charge in [0, 0.05) is 24.9 Å². The highest BCUT2D eigenvalue weighted by Gasteiger charge is 2.65. The summed E-state index contributed by atoms with van der Waals surface area (Å²) in [5.41, 5.74) is 0.851. The number of hydrogen-bond acceptors (Lipinski definition) is 3. The van der Waals surface area contributed by atoms with Gasteiger partial charge in [-0.15, -0.1) is 0 Å². The third kappa shape index (κ3) is 2.82. The van der Waals surface area contributed by atoms with Crippen molar-refractivity contribution in [2.24, 2.45) is 34.0 Å². The van der Waals surface area contributed by atoms with Gasteiger partial charge in [-0.05, 0) is 75.0 Å². The van der Waals surface area contributed by atoms with E-state index in [0.29, 0.717) is 35.2 Å². The molecule has 0 amide bonds. The molecule has 0 aromatic heterocycles. The highest BCUT2D eigenvalue weighted by Crippen LogP contribution is 2.71. The maximum Gasteiger partial charge on any atom is 0.302 e. The van der Waals surface area contributed by atoms with Crippen LogP contribution in [-0.4, -0.2) is 24.8 Å². The maximum absolute atomic E-state index is 11.5. The number of allylic oxidation sites excluding steroid dienone is 1. The first-order valence-corrected chi connectivity index (χ1v) is 11.1. The molecule has 27 heavy (non-hydrogen) atoms. The van der Waals surface area contributed by atoms with Crippen LogP contribution in [0.5, 0.6) is 0 Å². The summed E-state index contributed by atoms with van der Waals surface area (Å²) in [7, 11) is 0. The zero-order valence-electron chi connectivity index (χ0n) is 18.0. The molecule has 3 heteroatoms. The zero-order chi connectivity index (χ0) is 19.5. The molecule has 0 aromatic rings. The quantitative estimate of drug-likeness (QED) is 0.479. The van der Waals surface area contributed by atoms with E-state index in [1.165, 1.54) is 44.9 Å². The third-order valence-corrected chi connectivity index (χ3v) is 9.13. The first-order valence-electron chi connectivity index (χ1n) is 11.1. The van der Waals surface area contributed by atoms with Crippen LogP contribution in [0.1, 0.15) is 79.6 Å². The minimum absolute atomic E-state index is 0.0128. The summed E-state index contributed by atoms with van der Waals surface area (Å²) in [6.45, 7) is 12.3. The van der Waals surface area contributed by atoms with Gasteiger partial charge in [0.25, 0.3) is 0 Å². The Hall–Kier alpha value is -0.830. The lowest BCUT2D eigenvalue weighted by Gasteiger charge is -2.63. The lowest BCUT2D eigenvalue weighted by Crippen LogP contribution is -2.56. The molecule has 3 fully saturated rings. The molecule has 4 aliphatic rings. The molecule has 2 bridgehead atoms. The van der Waals surface area contributed by atoms with Gasteiger partial charge in [0.1, 0.15) is 0 Å². The predicted molar refractivity (Wildman–Crippen MR) is 107 cm³/mol. The van der Waals surface area contributed by atoms with Crippen molar-refractivity contribution in [2.75, 3.05) is 13.2 Å². The minimum Gasteiger partial charge on any atom is -0.465 e. The number of carbonyl (C=O) groups is 1. The first kappa shape index (κ1) is 19.5. The molecule has 0 heterocycles. The van der Waals surface area contributed by atoms with Gasteiger partial charge < -0.3 is 9.47 Å². The molecular weight excluding hydrogens is 336 g/mol. The molecule has 0 N–H and O–H groups in total.